The Morgan fingerprint density at radius 3 is 2.65 bits per heavy atom. The van der Waals surface area contributed by atoms with Crippen LogP contribution in [0.2, 0.25) is 0 Å². The molecule has 0 spiro atoms. The molecule has 1 aromatic heterocycles. The Hall–Kier alpha value is -2.38. The standard InChI is InChI=1S/C12H9F3N2O3/c13-12(14,15)4-3-11(18)9-6-16-10-2-1-7(17(19)20)5-8(9)10/h1-2,5-6,16H,3-4H2. The number of nitro benzene ring substituents is 1. The van der Waals surface area contributed by atoms with Gasteiger partial charge in [0.15, 0.2) is 5.78 Å². The van der Waals surface area contributed by atoms with Crippen LogP contribution in [0.1, 0.15) is 23.2 Å². The Balaban J connectivity index is 2.32. The molecule has 0 aliphatic carbocycles. The number of nitro groups is 1. The van der Waals surface area contributed by atoms with Crippen molar-refractivity contribution < 1.29 is 22.9 Å². The molecule has 5 nitrogen and oxygen atoms in total. The molecule has 0 saturated carbocycles. The number of aromatic amines is 1. The number of benzene rings is 1. The van der Waals surface area contributed by atoms with Gasteiger partial charge in [-0.3, -0.25) is 14.9 Å². The van der Waals surface area contributed by atoms with E-state index in [1.54, 1.807) is 0 Å². The molecule has 0 fully saturated rings. The summed E-state index contributed by atoms with van der Waals surface area (Å²) in [6, 6.07) is 3.84. The number of aromatic nitrogens is 1. The van der Waals surface area contributed by atoms with Gasteiger partial charge in [0.1, 0.15) is 0 Å². The van der Waals surface area contributed by atoms with E-state index >= 15 is 0 Å². The van der Waals surface area contributed by atoms with E-state index in [0.717, 1.165) is 0 Å². The average molecular weight is 286 g/mol. The quantitative estimate of drug-likeness (QED) is 0.530. The highest BCUT2D eigenvalue weighted by Gasteiger charge is 2.28. The number of carbonyl (C=O) groups excluding carboxylic acids is 1. The lowest BCUT2D eigenvalue weighted by molar-refractivity contribution is -0.384. The van der Waals surface area contributed by atoms with E-state index in [-0.39, 0.29) is 16.6 Å². The number of Topliss-reactive ketones (excluding diaryl/α,β-unsaturated/α-hetero) is 1. The molecular weight excluding hydrogens is 277 g/mol. The van der Waals surface area contributed by atoms with Crippen LogP contribution in [0.25, 0.3) is 10.9 Å². The van der Waals surface area contributed by atoms with E-state index in [1.807, 2.05) is 0 Å². The second kappa shape index (κ2) is 4.95. The topological polar surface area (TPSA) is 76.0 Å². The molecule has 1 N–H and O–H groups in total. The minimum absolute atomic E-state index is 0.0351. The van der Waals surface area contributed by atoms with Crippen LogP contribution in [0, 0.1) is 10.1 Å². The number of fused-ring (bicyclic) bond motifs is 1. The van der Waals surface area contributed by atoms with Gasteiger partial charge in [0.05, 0.1) is 11.3 Å². The number of halogens is 3. The number of H-pyrrole nitrogens is 1. The van der Waals surface area contributed by atoms with Crippen LogP contribution in [0.15, 0.2) is 24.4 Å². The van der Waals surface area contributed by atoms with Gasteiger partial charge in [0.2, 0.25) is 0 Å². The van der Waals surface area contributed by atoms with Crippen LogP contribution in [0.5, 0.6) is 0 Å². The van der Waals surface area contributed by atoms with E-state index in [1.165, 1.54) is 24.4 Å². The first-order chi connectivity index (χ1) is 9.28. The number of alkyl halides is 3. The summed E-state index contributed by atoms with van der Waals surface area (Å²) < 4.78 is 36.3. The highest BCUT2D eigenvalue weighted by molar-refractivity contribution is 6.08. The third-order valence-electron chi connectivity index (χ3n) is 2.81. The van der Waals surface area contributed by atoms with Crippen molar-refractivity contribution in [1.82, 2.24) is 4.98 Å². The van der Waals surface area contributed by atoms with Crippen LogP contribution >= 0.6 is 0 Å². The van der Waals surface area contributed by atoms with Crippen molar-refractivity contribution in [2.24, 2.45) is 0 Å². The molecule has 2 rings (SSSR count). The van der Waals surface area contributed by atoms with E-state index < -0.39 is 29.7 Å². The molecule has 106 valence electrons. The van der Waals surface area contributed by atoms with Gasteiger partial charge < -0.3 is 4.98 Å². The van der Waals surface area contributed by atoms with Crippen LogP contribution in [0.4, 0.5) is 18.9 Å². The van der Waals surface area contributed by atoms with Crippen LogP contribution in [-0.2, 0) is 0 Å². The van der Waals surface area contributed by atoms with Crippen molar-refractivity contribution in [3.63, 3.8) is 0 Å². The van der Waals surface area contributed by atoms with E-state index in [4.69, 9.17) is 0 Å². The van der Waals surface area contributed by atoms with E-state index in [2.05, 4.69) is 4.98 Å². The fourth-order valence-electron chi connectivity index (χ4n) is 1.84. The molecule has 8 heteroatoms. The molecule has 0 radical (unpaired) electrons. The number of nitrogens with one attached hydrogen (secondary N) is 1. The summed E-state index contributed by atoms with van der Waals surface area (Å²) >= 11 is 0. The Morgan fingerprint density at radius 2 is 2.05 bits per heavy atom. The molecule has 0 saturated heterocycles. The molecule has 0 aliphatic rings. The average Bonchev–Trinajstić information content (AvgIpc) is 2.77. The maximum absolute atomic E-state index is 12.1. The first-order valence-electron chi connectivity index (χ1n) is 5.63. The molecule has 1 heterocycles. The van der Waals surface area contributed by atoms with Gasteiger partial charge in [-0.15, -0.1) is 0 Å². The number of nitrogens with zero attached hydrogens (tertiary/aromatic N) is 1. The molecule has 0 atom stereocenters. The number of rotatable bonds is 4. The van der Waals surface area contributed by atoms with E-state index in [9.17, 15) is 28.1 Å². The molecule has 0 unspecified atom stereocenters. The van der Waals surface area contributed by atoms with Crippen molar-refractivity contribution in [2.45, 2.75) is 19.0 Å². The molecule has 0 bridgehead atoms. The predicted molar refractivity (Wildman–Crippen MR) is 64.6 cm³/mol. The second-order valence-electron chi connectivity index (χ2n) is 4.23. The van der Waals surface area contributed by atoms with Crippen LogP contribution in [-0.4, -0.2) is 21.9 Å². The summed E-state index contributed by atoms with van der Waals surface area (Å²) in [7, 11) is 0. The van der Waals surface area contributed by atoms with Crippen molar-refractivity contribution in [1.29, 1.82) is 0 Å². The molecule has 0 amide bonds. The second-order valence-corrected chi connectivity index (χ2v) is 4.23. The number of hydrogen-bond acceptors (Lipinski definition) is 3. The van der Waals surface area contributed by atoms with Crippen molar-refractivity contribution >= 4 is 22.4 Å². The van der Waals surface area contributed by atoms with Crippen LogP contribution in [0.3, 0.4) is 0 Å². The number of carbonyl (C=O) groups is 1. The highest BCUT2D eigenvalue weighted by atomic mass is 19.4. The number of ketones is 1. The molecule has 20 heavy (non-hydrogen) atoms. The van der Waals surface area contributed by atoms with Gasteiger partial charge in [-0.2, -0.15) is 13.2 Å². The Kier molecular flexibility index (Phi) is 3.47. The summed E-state index contributed by atoms with van der Waals surface area (Å²) in [6.07, 6.45) is -5.03. The van der Waals surface area contributed by atoms with E-state index in [0.29, 0.717) is 5.52 Å². The zero-order valence-electron chi connectivity index (χ0n) is 10.0. The smallest absolute Gasteiger partial charge is 0.360 e. The highest BCUT2D eigenvalue weighted by Crippen LogP contribution is 2.27. The lowest BCUT2D eigenvalue weighted by atomic mass is 10.1. The normalized spacial score (nSPS) is 11.8. The molecular formula is C12H9F3N2O3. The molecule has 2 aromatic rings. The van der Waals surface area contributed by atoms with Gasteiger partial charge in [-0.25, -0.2) is 0 Å². The summed E-state index contributed by atoms with van der Waals surface area (Å²) in [4.78, 5) is 24.5. The van der Waals surface area contributed by atoms with Crippen molar-refractivity contribution in [3.8, 4) is 0 Å². The molecule has 1 aromatic carbocycles. The first kappa shape index (κ1) is 14.0. The lowest BCUT2D eigenvalue weighted by Crippen LogP contribution is -2.10. The summed E-state index contributed by atoms with van der Waals surface area (Å²) in [6.45, 7) is 0. The van der Waals surface area contributed by atoms with Gasteiger partial charge in [-0.05, 0) is 6.07 Å². The zero-order valence-corrected chi connectivity index (χ0v) is 10.0. The summed E-state index contributed by atoms with van der Waals surface area (Å²) in [5, 5.41) is 10.9. The van der Waals surface area contributed by atoms with Gasteiger partial charge in [0.25, 0.3) is 5.69 Å². The Bertz CT molecular complexity index is 676. The fourth-order valence-corrected chi connectivity index (χ4v) is 1.84. The first-order valence-corrected chi connectivity index (χ1v) is 5.63. The molecule has 0 aliphatic heterocycles. The maximum Gasteiger partial charge on any atom is 0.389 e. The minimum Gasteiger partial charge on any atom is -0.360 e. The monoisotopic (exact) mass is 286 g/mol. The maximum atomic E-state index is 12.1. The SMILES string of the molecule is O=C(CCC(F)(F)F)c1c[nH]c2ccc([N+](=O)[O-])cc12. The Morgan fingerprint density at radius 1 is 1.35 bits per heavy atom. The third kappa shape index (κ3) is 2.95. The van der Waals surface area contributed by atoms with Crippen molar-refractivity contribution in [3.05, 3.63) is 40.1 Å². The van der Waals surface area contributed by atoms with Crippen LogP contribution < -0.4 is 0 Å². The lowest BCUT2D eigenvalue weighted by Gasteiger charge is -2.04. The van der Waals surface area contributed by atoms with Gasteiger partial charge >= 0.3 is 6.18 Å². The third-order valence-corrected chi connectivity index (χ3v) is 2.81. The van der Waals surface area contributed by atoms with Crippen molar-refractivity contribution in [2.75, 3.05) is 0 Å². The predicted octanol–water partition coefficient (Wildman–Crippen LogP) is 3.60. The zero-order chi connectivity index (χ0) is 14.9. The minimum atomic E-state index is -4.41. The van der Waals surface area contributed by atoms with Gasteiger partial charge in [0, 0.05) is 41.2 Å². The fraction of sp³-hybridized carbons (Fsp3) is 0.250. The largest absolute Gasteiger partial charge is 0.389 e. The summed E-state index contributed by atoms with van der Waals surface area (Å²) in [5.41, 5.74) is 0.279. The number of non-ortho nitro benzene ring substituents is 1. The Labute approximate surface area is 110 Å². The number of hydrogen-bond donors (Lipinski definition) is 1. The van der Waals surface area contributed by atoms with Gasteiger partial charge in [-0.1, -0.05) is 0 Å². The summed E-state index contributed by atoms with van der Waals surface area (Å²) in [5.74, 6) is -0.700.